The second-order valence-corrected chi connectivity index (χ2v) is 9.95. The van der Waals surface area contributed by atoms with Crippen LogP contribution in [0.3, 0.4) is 0 Å². The van der Waals surface area contributed by atoms with Gasteiger partial charge in [-0.15, -0.1) is 0 Å². The third-order valence-corrected chi connectivity index (χ3v) is 7.18. The van der Waals surface area contributed by atoms with Gasteiger partial charge in [0.2, 0.25) is 0 Å². The zero-order chi connectivity index (χ0) is 25.5. The van der Waals surface area contributed by atoms with Crippen molar-refractivity contribution in [3.63, 3.8) is 0 Å². The minimum absolute atomic E-state index is 0.00258. The number of para-hydroxylation sites is 1. The third kappa shape index (κ3) is 4.40. The molecule has 2 aromatic heterocycles. The number of carbonyl (C=O) groups is 1. The molecular formula is C23H21ClFN5O4S. The van der Waals surface area contributed by atoms with E-state index in [1.165, 1.54) is 25.6 Å². The number of aromatic nitrogens is 3. The van der Waals surface area contributed by atoms with Crippen LogP contribution in [0.1, 0.15) is 35.8 Å². The van der Waals surface area contributed by atoms with Gasteiger partial charge in [0, 0.05) is 12.2 Å². The van der Waals surface area contributed by atoms with Crippen LogP contribution in [0.4, 0.5) is 15.9 Å². The zero-order valence-electron chi connectivity index (χ0n) is 18.9. The molecule has 0 unspecified atom stereocenters. The Morgan fingerprint density at radius 2 is 1.94 bits per heavy atom. The number of ketones is 1. The molecule has 35 heavy (non-hydrogen) atoms. The Hall–Kier alpha value is -3.70. The highest BCUT2D eigenvalue weighted by molar-refractivity contribution is 7.92. The Morgan fingerprint density at radius 1 is 1.20 bits per heavy atom. The number of anilines is 2. The summed E-state index contributed by atoms with van der Waals surface area (Å²) in [5, 5.41) is 0.0367. The fourth-order valence-corrected chi connectivity index (χ4v) is 5.32. The molecule has 2 aromatic carbocycles. The molecule has 0 saturated heterocycles. The Bertz CT molecular complexity index is 1570. The highest BCUT2D eigenvalue weighted by Gasteiger charge is 2.27. The number of hydrogen-bond acceptors (Lipinski definition) is 7. The topological polar surface area (TPSA) is 129 Å². The van der Waals surface area contributed by atoms with E-state index in [1.807, 2.05) is 13.8 Å². The Kier molecular flexibility index (Phi) is 6.39. The van der Waals surface area contributed by atoms with Crippen molar-refractivity contribution in [1.82, 2.24) is 14.5 Å². The monoisotopic (exact) mass is 517 g/mol. The molecule has 0 fully saturated rings. The molecule has 4 rings (SSSR count). The molecule has 3 N–H and O–H groups in total. The van der Waals surface area contributed by atoms with Crippen LogP contribution in [-0.4, -0.2) is 35.8 Å². The van der Waals surface area contributed by atoms with Crippen molar-refractivity contribution in [1.29, 1.82) is 0 Å². The lowest BCUT2D eigenvalue weighted by molar-refractivity contribution is 0.104. The summed E-state index contributed by atoms with van der Waals surface area (Å²) in [5.74, 6) is -1.02. The first-order chi connectivity index (χ1) is 16.5. The van der Waals surface area contributed by atoms with Gasteiger partial charge < -0.3 is 15.0 Å². The van der Waals surface area contributed by atoms with Gasteiger partial charge in [-0.1, -0.05) is 17.7 Å². The molecule has 0 bridgehead atoms. The Balaban J connectivity index is 1.89. The highest BCUT2D eigenvalue weighted by atomic mass is 35.5. The molecular weight excluding hydrogens is 497 g/mol. The summed E-state index contributed by atoms with van der Waals surface area (Å²) in [7, 11) is -2.99. The Morgan fingerprint density at radius 3 is 2.60 bits per heavy atom. The van der Waals surface area contributed by atoms with E-state index in [-0.39, 0.29) is 44.3 Å². The lowest BCUT2D eigenvalue weighted by atomic mass is 10.0. The summed E-state index contributed by atoms with van der Waals surface area (Å²) in [6.45, 7) is 3.84. The van der Waals surface area contributed by atoms with E-state index < -0.39 is 21.6 Å². The number of sulfonamides is 1. The number of benzene rings is 2. The number of nitrogens with zero attached hydrogens (tertiary/aromatic N) is 3. The molecule has 0 aliphatic heterocycles. The number of hydrogen-bond donors (Lipinski definition) is 2. The molecule has 0 saturated carbocycles. The van der Waals surface area contributed by atoms with Gasteiger partial charge in [-0.05, 0) is 44.2 Å². The van der Waals surface area contributed by atoms with Crippen LogP contribution in [0.15, 0.2) is 53.8 Å². The maximum Gasteiger partial charge on any atom is 0.263 e. The number of rotatable bonds is 7. The van der Waals surface area contributed by atoms with E-state index in [4.69, 9.17) is 22.1 Å². The van der Waals surface area contributed by atoms with E-state index in [0.717, 1.165) is 18.2 Å². The van der Waals surface area contributed by atoms with Crippen LogP contribution < -0.4 is 15.2 Å². The molecule has 0 aliphatic rings. The Labute approximate surface area is 205 Å². The quantitative estimate of drug-likeness (QED) is 0.347. The van der Waals surface area contributed by atoms with Crippen molar-refractivity contribution in [3.8, 4) is 5.75 Å². The van der Waals surface area contributed by atoms with Crippen molar-refractivity contribution < 1.29 is 22.3 Å². The minimum Gasteiger partial charge on any atom is -0.495 e. The van der Waals surface area contributed by atoms with E-state index >= 15 is 0 Å². The summed E-state index contributed by atoms with van der Waals surface area (Å²) < 4.78 is 49.2. The number of nitrogens with two attached hydrogens (primary N) is 1. The van der Waals surface area contributed by atoms with Crippen LogP contribution in [0.5, 0.6) is 5.75 Å². The largest absolute Gasteiger partial charge is 0.495 e. The molecule has 0 aliphatic carbocycles. The van der Waals surface area contributed by atoms with Crippen molar-refractivity contribution in [2.75, 3.05) is 17.6 Å². The van der Waals surface area contributed by atoms with E-state index in [9.17, 15) is 17.6 Å². The number of methoxy groups -OCH3 is 1. The van der Waals surface area contributed by atoms with Crippen LogP contribution in [0.2, 0.25) is 5.02 Å². The average Bonchev–Trinajstić information content (AvgIpc) is 3.19. The zero-order valence-corrected chi connectivity index (χ0v) is 20.5. The van der Waals surface area contributed by atoms with Gasteiger partial charge >= 0.3 is 0 Å². The maximum atomic E-state index is 13.8. The molecule has 12 heteroatoms. The first kappa shape index (κ1) is 24.4. The second-order valence-electron chi connectivity index (χ2n) is 7.89. The fourth-order valence-electron chi connectivity index (χ4n) is 3.70. The number of nitrogens with one attached hydrogen (secondary N) is 1. The highest BCUT2D eigenvalue weighted by Crippen LogP contribution is 2.36. The number of nitrogen functional groups attached to an aromatic ring is 1. The van der Waals surface area contributed by atoms with E-state index in [2.05, 4.69) is 14.7 Å². The van der Waals surface area contributed by atoms with Gasteiger partial charge in [0.25, 0.3) is 10.0 Å². The van der Waals surface area contributed by atoms with Crippen LogP contribution in [0.25, 0.3) is 11.0 Å². The summed E-state index contributed by atoms with van der Waals surface area (Å²) in [4.78, 5) is 21.7. The fraction of sp³-hybridized carbons (Fsp3) is 0.174. The van der Waals surface area contributed by atoms with Crippen molar-refractivity contribution in [2.24, 2.45) is 0 Å². The van der Waals surface area contributed by atoms with Gasteiger partial charge in [-0.3, -0.25) is 9.52 Å². The second kappa shape index (κ2) is 9.16. The molecule has 2 heterocycles. The SMILES string of the molecule is COc1cccc(C(=O)c2cn(C(C)C)c3ncnc(N)c23)c1NS(=O)(=O)c1ccc(F)cc1Cl. The third-order valence-electron chi connectivity index (χ3n) is 5.35. The molecule has 0 radical (unpaired) electrons. The molecule has 0 spiro atoms. The van der Waals surface area contributed by atoms with Gasteiger partial charge in [-0.2, -0.15) is 0 Å². The lowest BCUT2D eigenvalue weighted by Crippen LogP contribution is -2.17. The van der Waals surface area contributed by atoms with E-state index in [1.54, 1.807) is 16.8 Å². The summed E-state index contributed by atoms with van der Waals surface area (Å²) in [6.07, 6.45) is 2.92. The first-order valence-corrected chi connectivity index (χ1v) is 12.2. The minimum atomic E-state index is -4.33. The van der Waals surface area contributed by atoms with Crippen LogP contribution in [-0.2, 0) is 10.0 Å². The normalized spacial score (nSPS) is 11.7. The summed E-state index contributed by atoms with van der Waals surface area (Å²) in [6, 6.07) is 7.34. The smallest absolute Gasteiger partial charge is 0.263 e. The van der Waals surface area contributed by atoms with Gasteiger partial charge in [0.1, 0.15) is 39.9 Å². The van der Waals surface area contributed by atoms with Gasteiger partial charge in [0.15, 0.2) is 5.78 Å². The van der Waals surface area contributed by atoms with Gasteiger partial charge in [0.05, 0.1) is 28.6 Å². The van der Waals surface area contributed by atoms with Crippen LogP contribution >= 0.6 is 11.6 Å². The van der Waals surface area contributed by atoms with Crippen molar-refractivity contribution >= 4 is 49.9 Å². The predicted molar refractivity (Wildman–Crippen MR) is 131 cm³/mol. The number of fused-ring (bicyclic) bond motifs is 1. The lowest BCUT2D eigenvalue weighted by Gasteiger charge is -2.16. The average molecular weight is 518 g/mol. The number of halogens is 2. The number of ether oxygens (including phenoxy) is 1. The van der Waals surface area contributed by atoms with Crippen LogP contribution in [0, 0.1) is 5.82 Å². The number of carbonyl (C=O) groups excluding carboxylic acids is 1. The summed E-state index contributed by atoms with van der Waals surface area (Å²) >= 11 is 5.98. The van der Waals surface area contributed by atoms with E-state index in [0.29, 0.717) is 11.0 Å². The maximum absolute atomic E-state index is 13.8. The molecule has 0 amide bonds. The van der Waals surface area contributed by atoms with Crippen molar-refractivity contribution in [2.45, 2.75) is 24.8 Å². The molecule has 0 atom stereocenters. The first-order valence-electron chi connectivity index (χ1n) is 10.4. The van der Waals surface area contributed by atoms with Gasteiger partial charge in [-0.25, -0.2) is 22.8 Å². The van der Waals surface area contributed by atoms with Crippen molar-refractivity contribution in [3.05, 3.63) is 70.9 Å². The standard InChI is InChI=1S/C23H21ClFN5O4S/c1-12(2)30-10-15(19-22(26)27-11-28-23(19)30)21(31)14-5-4-6-17(34-3)20(14)29-35(32,33)18-8-7-13(25)9-16(18)24/h4-12,29H,1-3H3,(H2,26,27,28). The molecule has 9 nitrogen and oxygen atoms in total. The molecule has 182 valence electrons. The summed E-state index contributed by atoms with van der Waals surface area (Å²) in [5.41, 5.74) is 6.64. The predicted octanol–water partition coefficient (Wildman–Crippen LogP) is 4.43. The molecule has 4 aromatic rings.